The maximum Gasteiger partial charge on any atom is 0.332 e. The van der Waals surface area contributed by atoms with E-state index < -0.39 is 0 Å². The first-order valence-corrected chi connectivity index (χ1v) is 4.68. The minimum absolute atomic E-state index is 0.0516. The molecule has 0 aromatic heterocycles. The van der Waals surface area contributed by atoms with Gasteiger partial charge in [-0.1, -0.05) is 12.2 Å². The molecule has 0 unspecified atom stereocenters. The highest BCUT2D eigenvalue weighted by atomic mass is 16.6. The van der Waals surface area contributed by atoms with Gasteiger partial charge in [0.25, 0.3) is 0 Å². The summed E-state index contributed by atoms with van der Waals surface area (Å²) in [5, 5.41) is 0. The fourth-order valence-corrected chi connectivity index (χ4v) is 1.60. The molecular formula is C11H16O3. The lowest BCUT2D eigenvalue weighted by atomic mass is 9.83. The fourth-order valence-electron chi connectivity index (χ4n) is 1.60. The van der Waals surface area contributed by atoms with Crippen molar-refractivity contribution in [1.82, 2.24) is 0 Å². The summed E-state index contributed by atoms with van der Waals surface area (Å²) in [5.74, 6) is -0.292. The molecule has 3 heteroatoms. The molecule has 0 radical (unpaired) electrons. The van der Waals surface area contributed by atoms with Gasteiger partial charge in [-0.2, -0.15) is 0 Å². The zero-order chi connectivity index (χ0) is 10.4. The Morgan fingerprint density at radius 3 is 2.50 bits per heavy atom. The lowest BCUT2D eigenvalue weighted by Crippen LogP contribution is -2.29. The Morgan fingerprint density at radius 2 is 1.93 bits per heavy atom. The van der Waals surface area contributed by atoms with E-state index >= 15 is 0 Å². The van der Waals surface area contributed by atoms with Gasteiger partial charge in [0.2, 0.25) is 0 Å². The molecule has 1 aliphatic rings. The van der Waals surface area contributed by atoms with Crippen LogP contribution in [0.2, 0.25) is 0 Å². The molecule has 0 aromatic carbocycles. The summed E-state index contributed by atoms with van der Waals surface area (Å²) in [5.41, 5.74) is -0.157. The van der Waals surface area contributed by atoms with Crippen LogP contribution in [0.15, 0.2) is 25.3 Å². The number of ether oxygens (including phenoxy) is 2. The molecule has 0 bridgehead atoms. The molecule has 0 saturated carbocycles. The topological polar surface area (TPSA) is 35.5 Å². The van der Waals surface area contributed by atoms with Gasteiger partial charge in [-0.25, -0.2) is 4.79 Å². The van der Waals surface area contributed by atoms with Gasteiger partial charge in [0.15, 0.2) is 0 Å². The van der Waals surface area contributed by atoms with Crippen LogP contribution in [-0.2, 0) is 14.3 Å². The second-order valence-corrected chi connectivity index (χ2v) is 3.64. The largest absolute Gasteiger partial charge is 0.463 e. The number of rotatable bonds is 4. The van der Waals surface area contributed by atoms with Crippen LogP contribution in [0.1, 0.15) is 12.8 Å². The van der Waals surface area contributed by atoms with E-state index in [2.05, 4.69) is 13.2 Å². The first-order chi connectivity index (χ1) is 6.72. The molecule has 0 atom stereocenters. The SMILES string of the molecule is C=CCC1(CC=C)COCC(=O)OC1. The standard InChI is InChI=1S/C11H16O3/c1-3-5-11(6-4-2)8-13-7-10(12)14-9-11/h3-4H,1-2,5-9H2. The Morgan fingerprint density at radius 1 is 1.29 bits per heavy atom. The van der Waals surface area contributed by atoms with Crippen molar-refractivity contribution < 1.29 is 14.3 Å². The molecule has 1 aliphatic heterocycles. The second-order valence-electron chi connectivity index (χ2n) is 3.64. The fraction of sp³-hybridized carbons (Fsp3) is 0.545. The summed E-state index contributed by atoms with van der Waals surface area (Å²) < 4.78 is 10.3. The maximum atomic E-state index is 11.0. The molecule has 1 rings (SSSR count). The van der Waals surface area contributed by atoms with Crippen LogP contribution in [-0.4, -0.2) is 25.8 Å². The predicted octanol–water partition coefficient (Wildman–Crippen LogP) is 1.70. The van der Waals surface area contributed by atoms with Crippen molar-refractivity contribution in [1.29, 1.82) is 0 Å². The molecule has 0 N–H and O–H groups in total. The van der Waals surface area contributed by atoms with Crippen LogP contribution >= 0.6 is 0 Å². The minimum atomic E-state index is -0.292. The molecule has 0 spiro atoms. The zero-order valence-corrected chi connectivity index (χ0v) is 8.33. The van der Waals surface area contributed by atoms with E-state index in [1.165, 1.54) is 0 Å². The number of carbonyl (C=O) groups excluding carboxylic acids is 1. The van der Waals surface area contributed by atoms with Gasteiger partial charge in [0.1, 0.15) is 6.61 Å². The number of esters is 1. The van der Waals surface area contributed by atoms with Gasteiger partial charge in [-0.3, -0.25) is 0 Å². The van der Waals surface area contributed by atoms with E-state index in [9.17, 15) is 4.79 Å². The molecule has 1 saturated heterocycles. The summed E-state index contributed by atoms with van der Waals surface area (Å²) in [6.45, 7) is 8.37. The van der Waals surface area contributed by atoms with Crippen molar-refractivity contribution in [2.75, 3.05) is 19.8 Å². The van der Waals surface area contributed by atoms with Crippen molar-refractivity contribution in [3.8, 4) is 0 Å². The van der Waals surface area contributed by atoms with Gasteiger partial charge < -0.3 is 9.47 Å². The van der Waals surface area contributed by atoms with E-state index in [4.69, 9.17) is 9.47 Å². The van der Waals surface area contributed by atoms with E-state index in [-0.39, 0.29) is 18.0 Å². The average molecular weight is 196 g/mol. The molecule has 0 aliphatic carbocycles. The van der Waals surface area contributed by atoms with Crippen LogP contribution < -0.4 is 0 Å². The minimum Gasteiger partial charge on any atom is -0.463 e. The number of carbonyl (C=O) groups is 1. The summed E-state index contributed by atoms with van der Waals surface area (Å²) in [7, 11) is 0. The smallest absolute Gasteiger partial charge is 0.332 e. The van der Waals surface area contributed by atoms with Crippen molar-refractivity contribution in [3.63, 3.8) is 0 Å². The van der Waals surface area contributed by atoms with Gasteiger partial charge in [0.05, 0.1) is 13.2 Å². The summed E-state index contributed by atoms with van der Waals surface area (Å²) in [6.07, 6.45) is 5.19. The van der Waals surface area contributed by atoms with E-state index in [1.54, 1.807) is 0 Å². The van der Waals surface area contributed by atoms with Crippen LogP contribution in [0.4, 0.5) is 0 Å². The van der Waals surface area contributed by atoms with E-state index in [1.807, 2.05) is 12.2 Å². The number of hydrogen-bond donors (Lipinski definition) is 0. The molecule has 3 nitrogen and oxygen atoms in total. The van der Waals surface area contributed by atoms with Crippen LogP contribution in [0.5, 0.6) is 0 Å². The maximum absolute atomic E-state index is 11.0. The normalized spacial score (nSPS) is 20.7. The lowest BCUT2D eigenvalue weighted by Gasteiger charge is -2.28. The highest BCUT2D eigenvalue weighted by molar-refractivity contribution is 5.70. The third-order valence-electron chi connectivity index (χ3n) is 2.32. The molecule has 0 aromatic rings. The van der Waals surface area contributed by atoms with E-state index in [0.29, 0.717) is 13.2 Å². The van der Waals surface area contributed by atoms with Crippen LogP contribution in [0.25, 0.3) is 0 Å². The third kappa shape index (κ3) is 2.70. The van der Waals surface area contributed by atoms with E-state index in [0.717, 1.165) is 12.8 Å². The summed E-state index contributed by atoms with van der Waals surface area (Å²) >= 11 is 0. The number of cyclic esters (lactones) is 1. The molecule has 1 fully saturated rings. The van der Waals surface area contributed by atoms with Crippen molar-refractivity contribution in [3.05, 3.63) is 25.3 Å². The quantitative estimate of drug-likeness (QED) is 0.507. The second kappa shape index (κ2) is 4.96. The third-order valence-corrected chi connectivity index (χ3v) is 2.32. The van der Waals surface area contributed by atoms with Crippen molar-refractivity contribution in [2.24, 2.45) is 5.41 Å². The molecule has 0 amide bonds. The number of allylic oxidation sites excluding steroid dienone is 2. The molecule has 78 valence electrons. The lowest BCUT2D eigenvalue weighted by molar-refractivity contribution is -0.146. The highest BCUT2D eigenvalue weighted by Crippen LogP contribution is 2.30. The monoisotopic (exact) mass is 196 g/mol. The molecule has 1 heterocycles. The number of hydrogen-bond acceptors (Lipinski definition) is 3. The predicted molar refractivity (Wildman–Crippen MR) is 53.8 cm³/mol. The van der Waals surface area contributed by atoms with Crippen LogP contribution in [0, 0.1) is 5.41 Å². The summed E-state index contributed by atoms with van der Waals surface area (Å²) in [6, 6.07) is 0. The Balaban J connectivity index is 2.68. The first-order valence-electron chi connectivity index (χ1n) is 4.68. The Labute approximate surface area is 84.4 Å². The van der Waals surface area contributed by atoms with Crippen molar-refractivity contribution in [2.45, 2.75) is 12.8 Å². The first kappa shape index (κ1) is 11.0. The van der Waals surface area contributed by atoms with Gasteiger partial charge in [-0.15, -0.1) is 13.2 Å². The zero-order valence-electron chi connectivity index (χ0n) is 8.33. The van der Waals surface area contributed by atoms with Gasteiger partial charge in [0, 0.05) is 5.41 Å². The molecular weight excluding hydrogens is 180 g/mol. The Bertz CT molecular complexity index is 223. The van der Waals surface area contributed by atoms with Crippen LogP contribution in [0.3, 0.4) is 0 Å². The van der Waals surface area contributed by atoms with Gasteiger partial charge in [-0.05, 0) is 12.8 Å². The average Bonchev–Trinajstić information content (AvgIpc) is 2.31. The van der Waals surface area contributed by atoms with Crippen molar-refractivity contribution >= 4 is 5.97 Å². The Kier molecular flexibility index (Phi) is 3.89. The van der Waals surface area contributed by atoms with Gasteiger partial charge >= 0.3 is 5.97 Å². The molecule has 14 heavy (non-hydrogen) atoms. The Hall–Kier alpha value is -1.09. The highest BCUT2D eigenvalue weighted by Gasteiger charge is 2.32. The summed E-state index contributed by atoms with van der Waals surface area (Å²) in [4.78, 5) is 11.0.